The Kier molecular flexibility index (Phi) is 6.32. The standard InChI is InChI=1S/C15H12N4O4S2/c20-13(8-7-12-2-1-9-25-12)16-15(24)18-17-14(21)10-3-5-11(6-4-10)19(22)23/h1-9H,(H,17,21)(H2,16,18,20,24)/b8-7+. The second-order valence-corrected chi connectivity index (χ2v) is 5.94. The molecule has 0 radical (unpaired) electrons. The van der Waals surface area contributed by atoms with Gasteiger partial charge in [-0.3, -0.25) is 35.9 Å². The quantitative estimate of drug-likeness (QED) is 0.326. The molecular weight excluding hydrogens is 364 g/mol. The van der Waals surface area contributed by atoms with Crippen LogP contribution in [0.4, 0.5) is 5.69 Å². The number of benzene rings is 1. The van der Waals surface area contributed by atoms with Crippen molar-refractivity contribution >= 4 is 52.2 Å². The van der Waals surface area contributed by atoms with Crippen LogP contribution in [-0.4, -0.2) is 21.9 Å². The molecule has 0 aliphatic rings. The molecule has 2 amide bonds. The van der Waals surface area contributed by atoms with Crippen LogP contribution in [0.3, 0.4) is 0 Å². The fourth-order valence-corrected chi connectivity index (χ4v) is 2.42. The van der Waals surface area contributed by atoms with Crippen LogP contribution < -0.4 is 16.2 Å². The van der Waals surface area contributed by atoms with Gasteiger partial charge in [-0.05, 0) is 41.9 Å². The van der Waals surface area contributed by atoms with Crippen molar-refractivity contribution in [1.29, 1.82) is 0 Å². The van der Waals surface area contributed by atoms with E-state index in [0.717, 1.165) is 4.88 Å². The zero-order chi connectivity index (χ0) is 18.2. The molecule has 0 saturated heterocycles. The predicted molar refractivity (Wildman–Crippen MR) is 97.8 cm³/mol. The smallest absolute Gasteiger partial charge is 0.269 e. The zero-order valence-electron chi connectivity index (χ0n) is 12.6. The monoisotopic (exact) mass is 376 g/mol. The van der Waals surface area contributed by atoms with Gasteiger partial charge in [-0.2, -0.15) is 0 Å². The molecule has 0 aliphatic heterocycles. The van der Waals surface area contributed by atoms with E-state index in [1.165, 1.54) is 41.7 Å². The number of carbonyl (C=O) groups is 2. The second kappa shape index (κ2) is 8.66. The zero-order valence-corrected chi connectivity index (χ0v) is 14.2. The van der Waals surface area contributed by atoms with E-state index in [9.17, 15) is 19.7 Å². The SMILES string of the molecule is O=C(/C=C/c1cccs1)NC(=S)NNC(=O)c1ccc([N+](=O)[O-])cc1. The van der Waals surface area contributed by atoms with Crippen LogP contribution in [-0.2, 0) is 4.79 Å². The molecule has 1 aromatic carbocycles. The highest BCUT2D eigenvalue weighted by atomic mass is 32.1. The van der Waals surface area contributed by atoms with Crippen molar-refractivity contribution in [3.8, 4) is 0 Å². The first kappa shape index (κ1) is 18.2. The van der Waals surface area contributed by atoms with Crippen molar-refractivity contribution in [2.24, 2.45) is 0 Å². The van der Waals surface area contributed by atoms with Gasteiger partial charge >= 0.3 is 0 Å². The first-order valence-electron chi connectivity index (χ1n) is 6.83. The number of non-ortho nitro benzene ring substituents is 1. The predicted octanol–water partition coefficient (Wildman–Crippen LogP) is 2.01. The van der Waals surface area contributed by atoms with Crippen LogP contribution in [0.25, 0.3) is 6.08 Å². The van der Waals surface area contributed by atoms with Crippen LogP contribution in [0.1, 0.15) is 15.2 Å². The van der Waals surface area contributed by atoms with E-state index in [0.29, 0.717) is 0 Å². The average molecular weight is 376 g/mol. The molecule has 128 valence electrons. The van der Waals surface area contributed by atoms with Gasteiger partial charge in [0.05, 0.1) is 4.92 Å². The third-order valence-corrected chi connectivity index (χ3v) is 3.85. The van der Waals surface area contributed by atoms with Gasteiger partial charge in [0.15, 0.2) is 5.11 Å². The molecule has 2 aromatic rings. The summed E-state index contributed by atoms with van der Waals surface area (Å²) >= 11 is 6.37. The molecule has 0 fully saturated rings. The summed E-state index contributed by atoms with van der Waals surface area (Å²) in [6.07, 6.45) is 2.95. The van der Waals surface area contributed by atoms with Gasteiger partial charge in [0.1, 0.15) is 0 Å². The summed E-state index contributed by atoms with van der Waals surface area (Å²) in [6.45, 7) is 0. The van der Waals surface area contributed by atoms with E-state index < -0.39 is 16.7 Å². The molecule has 0 atom stereocenters. The number of thiophene rings is 1. The summed E-state index contributed by atoms with van der Waals surface area (Å²) in [5.74, 6) is -1.00. The molecule has 0 aliphatic carbocycles. The van der Waals surface area contributed by atoms with E-state index in [-0.39, 0.29) is 16.4 Å². The molecule has 3 N–H and O–H groups in total. The van der Waals surface area contributed by atoms with Crippen molar-refractivity contribution in [3.63, 3.8) is 0 Å². The number of rotatable bonds is 4. The number of nitrogens with one attached hydrogen (secondary N) is 3. The highest BCUT2D eigenvalue weighted by Gasteiger charge is 2.09. The Bertz CT molecular complexity index is 817. The maximum absolute atomic E-state index is 11.9. The topological polar surface area (TPSA) is 113 Å². The number of hydrogen-bond donors (Lipinski definition) is 3. The van der Waals surface area contributed by atoms with Gasteiger partial charge in [-0.1, -0.05) is 6.07 Å². The van der Waals surface area contributed by atoms with Crippen molar-refractivity contribution in [2.45, 2.75) is 0 Å². The van der Waals surface area contributed by atoms with Gasteiger partial charge in [0.2, 0.25) is 5.91 Å². The first-order valence-corrected chi connectivity index (χ1v) is 8.12. The Morgan fingerprint density at radius 1 is 1.16 bits per heavy atom. The molecule has 25 heavy (non-hydrogen) atoms. The van der Waals surface area contributed by atoms with Crippen molar-refractivity contribution in [3.05, 3.63) is 68.4 Å². The fourth-order valence-electron chi connectivity index (χ4n) is 1.65. The third kappa shape index (κ3) is 5.79. The minimum absolute atomic E-state index is 0.0870. The molecule has 0 spiro atoms. The lowest BCUT2D eigenvalue weighted by atomic mass is 10.2. The van der Waals surface area contributed by atoms with E-state index >= 15 is 0 Å². The highest BCUT2D eigenvalue weighted by molar-refractivity contribution is 7.80. The van der Waals surface area contributed by atoms with E-state index in [1.54, 1.807) is 6.08 Å². The Hall–Kier alpha value is -3.11. The number of nitrogens with zero attached hydrogens (tertiary/aromatic N) is 1. The molecular formula is C15H12N4O4S2. The molecule has 2 rings (SSSR count). The maximum atomic E-state index is 11.9. The largest absolute Gasteiger partial charge is 0.298 e. The van der Waals surface area contributed by atoms with E-state index in [2.05, 4.69) is 16.2 Å². The second-order valence-electron chi connectivity index (χ2n) is 4.55. The van der Waals surface area contributed by atoms with Crippen molar-refractivity contribution in [1.82, 2.24) is 16.2 Å². The van der Waals surface area contributed by atoms with Crippen LogP contribution >= 0.6 is 23.6 Å². The summed E-state index contributed by atoms with van der Waals surface area (Å²) in [5.41, 5.74) is 4.74. The third-order valence-electron chi connectivity index (χ3n) is 2.81. The molecule has 0 saturated carbocycles. The summed E-state index contributed by atoms with van der Waals surface area (Å²) in [5, 5.41) is 14.7. The summed E-state index contributed by atoms with van der Waals surface area (Å²) in [6, 6.07) is 8.76. The number of hydrogen-bond acceptors (Lipinski definition) is 6. The van der Waals surface area contributed by atoms with Crippen LogP contribution in [0.2, 0.25) is 0 Å². The summed E-state index contributed by atoms with van der Waals surface area (Å²) in [7, 11) is 0. The fraction of sp³-hybridized carbons (Fsp3) is 0. The Morgan fingerprint density at radius 2 is 1.88 bits per heavy atom. The molecule has 10 heteroatoms. The minimum atomic E-state index is -0.561. The van der Waals surface area contributed by atoms with Gasteiger partial charge < -0.3 is 0 Å². The highest BCUT2D eigenvalue weighted by Crippen LogP contribution is 2.11. The molecule has 1 heterocycles. The van der Waals surface area contributed by atoms with Gasteiger partial charge in [-0.15, -0.1) is 11.3 Å². The number of nitro groups is 1. The number of hydrazine groups is 1. The molecule has 0 bridgehead atoms. The first-order chi connectivity index (χ1) is 12.0. The van der Waals surface area contributed by atoms with Crippen LogP contribution in [0.15, 0.2) is 47.9 Å². The lowest BCUT2D eigenvalue weighted by Crippen LogP contribution is -2.48. The normalized spacial score (nSPS) is 10.2. The van der Waals surface area contributed by atoms with E-state index in [4.69, 9.17) is 12.2 Å². The minimum Gasteiger partial charge on any atom is -0.298 e. The molecule has 1 aromatic heterocycles. The Labute approximate surface area is 151 Å². The van der Waals surface area contributed by atoms with Crippen LogP contribution in [0.5, 0.6) is 0 Å². The van der Waals surface area contributed by atoms with Crippen molar-refractivity contribution < 1.29 is 14.5 Å². The number of amides is 2. The average Bonchev–Trinajstić information content (AvgIpc) is 3.11. The number of thiocarbonyl (C=S) groups is 1. The van der Waals surface area contributed by atoms with Crippen molar-refractivity contribution in [2.75, 3.05) is 0 Å². The van der Waals surface area contributed by atoms with Gasteiger partial charge in [-0.25, -0.2) is 0 Å². The summed E-state index contributed by atoms with van der Waals surface area (Å²) in [4.78, 5) is 34.5. The van der Waals surface area contributed by atoms with Gasteiger partial charge in [0, 0.05) is 28.6 Å². The lowest BCUT2D eigenvalue weighted by Gasteiger charge is -2.09. The number of nitro benzene ring substituents is 1. The molecule has 0 unspecified atom stereocenters. The van der Waals surface area contributed by atoms with E-state index in [1.807, 2.05) is 17.5 Å². The Morgan fingerprint density at radius 3 is 2.48 bits per heavy atom. The molecule has 8 nitrogen and oxygen atoms in total. The van der Waals surface area contributed by atoms with Gasteiger partial charge in [0.25, 0.3) is 11.6 Å². The Balaban J connectivity index is 1.79. The summed E-state index contributed by atoms with van der Waals surface area (Å²) < 4.78 is 0. The maximum Gasteiger partial charge on any atom is 0.269 e. The lowest BCUT2D eigenvalue weighted by molar-refractivity contribution is -0.384. The van der Waals surface area contributed by atoms with Crippen LogP contribution in [0, 0.1) is 10.1 Å². The number of carbonyl (C=O) groups excluding carboxylic acids is 2.